The number of ether oxygens (including phenoxy) is 1. The fourth-order valence-corrected chi connectivity index (χ4v) is 1.39. The Hall–Kier alpha value is -1.65. The Morgan fingerprint density at radius 3 is 2.53 bits per heavy atom. The summed E-state index contributed by atoms with van der Waals surface area (Å²) in [4.78, 5) is 0. The van der Waals surface area contributed by atoms with Gasteiger partial charge in [-0.15, -0.1) is 13.2 Å². The fourth-order valence-electron chi connectivity index (χ4n) is 1.39. The van der Waals surface area contributed by atoms with Crippen molar-refractivity contribution in [1.29, 1.82) is 0 Å². The van der Waals surface area contributed by atoms with Gasteiger partial charge in [0.2, 0.25) is 0 Å². The first-order valence-corrected chi connectivity index (χ1v) is 4.21. The van der Waals surface area contributed by atoms with Crippen molar-refractivity contribution in [2.45, 2.75) is 13.3 Å². The molecule has 0 spiro atoms. The van der Waals surface area contributed by atoms with Crippen LogP contribution < -0.4 is 4.74 Å². The quantitative estimate of drug-likeness (QED) is 0.726. The van der Waals surface area contributed by atoms with E-state index < -0.39 is 6.36 Å². The van der Waals surface area contributed by atoms with Crippen molar-refractivity contribution in [1.82, 2.24) is 0 Å². The Labute approximate surface area is 83.2 Å². The minimum absolute atomic E-state index is 0.119. The van der Waals surface area contributed by atoms with E-state index in [1.807, 2.05) is 0 Å². The largest absolute Gasteiger partial charge is 0.573 e. The van der Waals surface area contributed by atoms with Crippen molar-refractivity contribution in [3.05, 3.63) is 30.0 Å². The number of para-hydroxylation sites is 1. The first-order chi connectivity index (χ1) is 6.97. The molecule has 0 bridgehead atoms. The molecule has 0 saturated carbocycles. The maximum atomic E-state index is 12.1. The Morgan fingerprint density at radius 2 is 1.87 bits per heavy atom. The average Bonchev–Trinajstić information content (AvgIpc) is 2.41. The minimum Gasteiger partial charge on any atom is -0.457 e. The highest BCUT2D eigenvalue weighted by Gasteiger charge is 2.33. The maximum absolute atomic E-state index is 12.1. The number of rotatable bonds is 1. The van der Waals surface area contributed by atoms with Crippen LogP contribution in [-0.2, 0) is 0 Å². The zero-order valence-electron chi connectivity index (χ0n) is 7.76. The van der Waals surface area contributed by atoms with Gasteiger partial charge in [0.25, 0.3) is 0 Å². The third-order valence-corrected chi connectivity index (χ3v) is 1.93. The average molecular weight is 216 g/mol. The molecule has 5 heteroatoms. The van der Waals surface area contributed by atoms with Crippen molar-refractivity contribution < 1.29 is 22.3 Å². The highest BCUT2D eigenvalue weighted by molar-refractivity contribution is 5.85. The summed E-state index contributed by atoms with van der Waals surface area (Å²) in [5, 5.41) is 0.326. The lowest BCUT2D eigenvalue weighted by Crippen LogP contribution is -2.17. The first kappa shape index (κ1) is 9.89. The summed E-state index contributed by atoms with van der Waals surface area (Å²) in [6.07, 6.45) is -4.70. The van der Waals surface area contributed by atoms with Gasteiger partial charge in [-0.1, -0.05) is 12.1 Å². The van der Waals surface area contributed by atoms with Crippen molar-refractivity contribution >= 4 is 11.0 Å². The van der Waals surface area contributed by atoms with Crippen molar-refractivity contribution in [2.24, 2.45) is 0 Å². The van der Waals surface area contributed by atoms with Gasteiger partial charge in [0.05, 0.1) is 5.39 Å². The van der Waals surface area contributed by atoms with E-state index in [2.05, 4.69) is 4.74 Å². The molecule has 0 unspecified atom stereocenters. The van der Waals surface area contributed by atoms with Gasteiger partial charge < -0.3 is 9.15 Å². The van der Waals surface area contributed by atoms with Crippen molar-refractivity contribution in [2.75, 3.05) is 0 Å². The first-order valence-electron chi connectivity index (χ1n) is 4.21. The molecule has 0 aliphatic rings. The van der Waals surface area contributed by atoms with Crippen LogP contribution in [0.25, 0.3) is 11.0 Å². The van der Waals surface area contributed by atoms with Gasteiger partial charge in [-0.05, 0) is 19.1 Å². The monoisotopic (exact) mass is 216 g/mol. The van der Waals surface area contributed by atoms with Crippen LogP contribution in [0.4, 0.5) is 13.2 Å². The highest BCUT2D eigenvalue weighted by Crippen LogP contribution is 2.35. The van der Waals surface area contributed by atoms with Crippen LogP contribution in [0.3, 0.4) is 0 Å². The van der Waals surface area contributed by atoms with E-state index in [4.69, 9.17) is 4.42 Å². The van der Waals surface area contributed by atoms with E-state index in [1.165, 1.54) is 13.0 Å². The molecule has 1 aromatic carbocycles. The van der Waals surface area contributed by atoms with Gasteiger partial charge in [0.1, 0.15) is 11.3 Å². The van der Waals surface area contributed by atoms with Crippen LogP contribution in [0.1, 0.15) is 5.76 Å². The zero-order valence-corrected chi connectivity index (χ0v) is 7.76. The van der Waals surface area contributed by atoms with E-state index in [-0.39, 0.29) is 11.5 Å². The van der Waals surface area contributed by atoms with Crippen LogP contribution in [0.15, 0.2) is 28.7 Å². The lowest BCUT2D eigenvalue weighted by molar-refractivity contribution is -0.274. The lowest BCUT2D eigenvalue weighted by Gasteiger charge is -2.07. The molecule has 2 aromatic rings. The number of halogens is 3. The number of furan rings is 1. The minimum atomic E-state index is -4.70. The third kappa shape index (κ3) is 1.91. The van der Waals surface area contributed by atoms with Crippen LogP contribution in [-0.4, -0.2) is 6.36 Å². The molecule has 0 fully saturated rings. The summed E-state index contributed by atoms with van der Waals surface area (Å²) >= 11 is 0. The number of aryl methyl sites for hydroxylation is 1. The molecule has 1 heterocycles. The smallest absolute Gasteiger partial charge is 0.457 e. The molecular weight excluding hydrogens is 209 g/mol. The SMILES string of the molecule is Cc1oc2ccccc2c1OC(F)(F)F. The van der Waals surface area contributed by atoms with Crippen molar-refractivity contribution in [3.63, 3.8) is 0 Å². The normalized spacial score (nSPS) is 12.0. The Bertz CT molecular complexity index is 485. The summed E-state index contributed by atoms with van der Waals surface area (Å²) in [6, 6.07) is 6.42. The van der Waals surface area contributed by atoms with E-state index >= 15 is 0 Å². The van der Waals surface area contributed by atoms with E-state index in [0.29, 0.717) is 11.0 Å². The van der Waals surface area contributed by atoms with Gasteiger partial charge in [-0.2, -0.15) is 0 Å². The summed E-state index contributed by atoms with van der Waals surface area (Å²) in [6.45, 7) is 1.43. The molecule has 15 heavy (non-hydrogen) atoms. The molecule has 0 aliphatic carbocycles. The van der Waals surface area contributed by atoms with Crippen LogP contribution in [0.2, 0.25) is 0 Å². The van der Waals surface area contributed by atoms with Gasteiger partial charge >= 0.3 is 6.36 Å². The molecule has 1 aromatic heterocycles. The molecule has 0 N–H and O–H groups in total. The summed E-state index contributed by atoms with van der Waals surface area (Å²) in [5.74, 6) is -0.147. The van der Waals surface area contributed by atoms with Crippen molar-refractivity contribution in [3.8, 4) is 5.75 Å². The summed E-state index contributed by atoms with van der Waals surface area (Å²) < 4.78 is 45.2. The molecule has 0 amide bonds. The van der Waals surface area contributed by atoms with E-state index in [0.717, 1.165) is 0 Å². The molecule has 0 saturated heterocycles. The molecule has 0 aliphatic heterocycles. The van der Waals surface area contributed by atoms with Crippen LogP contribution >= 0.6 is 0 Å². The topological polar surface area (TPSA) is 22.4 Å². The Kier molecular flexibility index (Phi) is 2.10. The second-order valence-corrected chi connectivity index (χ2v) is 3.03. The van der Waals surface area contributed by atoms with Gasteiger partial charge in [-0.3, -0.25) is 0 Å². The predicted octanol–water partition coefficient (Wildman–Crippen LogP) is 3.64. The highest BCUT2D eigenvalue weighted by atomic mass is 19.4. The number of hydrogen-bond acceptors (Lipinski definition) is 2. The zero-order chi connectivity index (χ0) is 11.1. The summed E-state index contributed by atoms with van der Waals surface area (Å²) in [5.41, 5.74) is 0.384. The van der Waals surface area contributed by atoms with Gasteiger partial charge in [-0.25, -0.2) is 0 Å². The van der Waals surface area contributed by atoms with E-state index in [1.54, 1.807) is 18.2 Å². The van der Waals surface area contributed by atoms with Crippen LogP contribution in [0, 0.1) is 6.92 Å². The van der Waals surface area contributed by atoms with E-state index in [9.17, 15) is 13.2 Å². The molecule has 2 nitrogen and oxygen atoms in total. The number of fused-ring (bicyclic) bond motifs is 1. The van der Waals surface area contributed by atoms with Crippen LogP contribution in [0.5, 0.6) is 5.75 Å². The predicted molar refractivity (Wildman–Crippen MR) is 47.6 cm³/mol. The molecular formula is C10H7F3O2. The molecule has 80 valence electrons. The molecule has 0 radical (unpaired) electrons. The number of benzene rings is 1. The Morgan fingerprint density at radius 1 is 1.20 bits per heavy atom. The second-order valence-electron chi connectivity index (χ2n) is 3.03. The molecule has 0 atom stereocenters. The number of alkyl halides is 3. The lowest BCUT2D eigenvalue weighted by atomic mass is 10.2. The second kappa shape index (κ2) is 3.18. The standard InChI is InChI=1S/C10H7F3O2/c1-6-9(15-10(11,12)13)7-4-2-3-5-8(7)14-6/h2-5H,1H3. The maximum Gasteiger partial charge on any atom is 0.573 e. The number of hydrogen-bond donors (Lipinski definition) is 0. The van der Waals surface area contributed by atoms with Gasteiger partial charge in [0, 0.05) is 0 Å². The van der Waals surface area contributed by atoms with Gasteiger partial charge in [0.15, 0.2) is 5.75 Å². The Balaban J connectivity index is 2.54. The molecule has 2 rings (SSSR count). The fraction of sp³-hybridized carbons (Fsp3) is 0.200. The third-order valence-electron chi connectivity index (χ3n) is 1.93. The summed E-state index contributed by atoms with van der Waals surface area (Å²) in [7, 11) is 0.